The van der Waals surface area contributed by atoms with Crippen LogP contribution in [0.5, 0.6) is 5.75 Å². The Labute approximate surface area is 110 Å². The summed E-state index contributed by atoms with van der Waals surface area (Å²) in [7, 11) is 2.65. The number of esters is 1. The van der Waals surface area contributed by atoms with Gasteiger partial charge >= 0.3 is 12.0 Å². The molecule has 104 valence electrons. The lowest BCUT2D eigenvalue weighted by Crippen LogP contribution is -2.45. The number of benzene rings is 1. The van der Waals surface area contributed by atoms with Gasteiger partial charge in [0.1, 0.15) is 5.75 Å². The van der Waals surface area contributed by atoms with Crippen LogP contribution in [0.15, 0.2) is 24.3 Å². The van der Waals surface area contributed by atoms with Crippen molar-refractivity contribution < 1.29 is 24.2 Å². The van der Waals surface area contributed by atoms with Crippen LogP contribution in [0, 0.1) is 0 Å². The minimum Gasteiger partial charge on any atom is -0.495 e. The van der Waals surface area contributed by atoms with Crippen molar-refractivity contribution in [3.05, 3.63) is 24.3 Å². The fourth-order valence-corrected chi connectivity index (χ4v) is 1.39. The summed E-state index contributed by atoms with van der Waals surface area (Å²) in [5.41, 5.74) is 0.448. The topological polar surface area (TPSA) is 96.9 Å². The summed E-state index contributed by atoms with van der Waals surface area (Å²) in [6, 6.07) is 5.05. The average molecular weight is 268 g/mol. The van der Waals surface area contributed by atoms with Crippen molar-refractivity contribution in [1.29, 1.82) is 0 Å². The Balaban J connectivity index is 2.66. The van der Waals surface area contributed by atoms with Crippen molar-refractivity contribution in [2.45, 2.75) is 6.04 Å². The van der Waals surface area contributed by atoms with E-state index in [-0.39, 0.29) is 0 Å². The van der Waals surface area contributed by atoms with E-state index in [1.807, 2.05) is 0 Å². The molecule has 0 spiro atoms. The molecule has 0 aliphatic carbocycles. The number of aliphatic hydroxyl groups excluding tert-OH is 1. The molecule has 0 bridgehead atoms. The molecule has 0 fully saturated rings. The van der Waals surface area contributed by atoms with Crippen LogP contribution < -0.4 is 15.4 Å². The van der Waals surface area contributed by atoms with E-state index in [9.17, 15) is 9.59 Å². The van der Waals surface area contributed by atoms with E-state index in [1.165, 1.54) is 14.2 Å². The van der Waals surface area contributed by atoms with E-state index in [4.69, 9.17) is 9.84 Å². The lowest BCUT2D eigenvalue weighted by Gasteiger charge is -2.15. The monoisotopic (exact) mass is 268 g/mol. The number of anilines is 1. The largest absolute Gasteiger partial charge is 0.495 e. The van der Waals surface area contributed by atoms with Crippen LogP contribution in [0.25, 0.3) is 0 Å². The molecule has 0 radical (unpaired) electrons. The molecule has 1 aromatic rings. The molecular formula is C12H16N2O5. The van der Waals surface area contributed by atoms with Crippen molar-refractivity contribution in [2.24, 2.45) is 0 Å². The molecule has 0 aliphatic heterocycles. The number of ether oxygens (including phenoxy) is 2. The maximum Gasteiger partial charge on any atom is 0.330 e. The second kappa shape index (κ2) is 7.22. The Morgan fingerprint density at radius 2 is 2.00 bits per heavy atom. The smallest absolute Gasteiger partial charge is 0.330 e. The lowest BCUT2D eigenvalue weighted by atomic mass is 10.3. The summed E-state index contributed by atoms with van der Waals surface area (Å²) >= 11 is 0. The third-order valence-electron chi connectivity index (χ3n) is 2.33. The van der Waals surface area contributed by atoms with Crippen molar-refractivity contribution in [1.82, 2.24) is 5.32 Å². The highest BCUT2D eigenvalue weighted by Crippen LogP contribution is 2.22. The Bertz CT molecular complexity index is 450. The molecule has 2 amide bonds. The maximum atomic E-state index is 11.7. The standard InChI is InChI=1S/C12H16N2O5/c1-18-10-6-4-3-5-8(10)13-12(17)14-9(7-15)11(16)19-2/h3-6,9,15H,7H2,1-2H3,(H2,13,14,17). The number of carbonyl (C=O) groups excluding carboxylic acids is 2. The molecule has 3 N–H and O–H groups in total. The Hall–Kier alpha value is -2.28. The van der Waals surface area contributed by atoms with Gasteiger partial charge in [0.05, 0.1) is 26.5 Å². The minimum atomic E-state index is -1.11. The average Bonchev–Trinajstić information content (AvgIpc) is 2.44. The van der Waals surface area contributed by atoms with Gasteiger partial charge in [-0.2, -0.15) is 0 Å². The lowest BCUT2D eigenvalue weighted by molar-refractivity contribution is -0.143. The van der Waals surface area contributed by atoms with Crippen LogP contribution in [-0.4, -0.2) is 44.0 Å². The zero-order valence-electron chi connectivity index (χ0n) is 10.7. The molecule has 0 aromatic heterocycles. The first-order valence-corrected chi connectivity index (χ1v) is 5.51. The van der Waals surface area contributed by atoms with Crippen molar-refractivity contribution >= 4 is 17.7 Å². The fraction of sp³-hybridized carbons (Fsp3) is 0.333. The molecule has 1 aromatic carbocycles. The molecular weight excluding hydrogens is 252 g/mol. The third-order valence-corrected chi connectivity index (χ3v) is 2.33. The third kappa shape index (κ3) is 4.14. The van der Waals surface area contributed by atoms with E-state index in [0.717, 1.165) is 0 Å². The van der Waals surface area contributed by atoms with E-state index in [0.29, 0.717) is 11.4 Å². The zero-order valence-corrected chi connectivity index (χ0v) is 10.7. The SMILES string of the molecule is COC(=O)C(CO)NC(=O)Nc1ccccc1OC. The second-order valence-corrected chi connectivity index (χ2v) is 3.56. The number of urea groups is 1. The molecule has 7 heteroatoms. The molecule has 1 atom stereocenters. The van der Waals surface area contributed by atoms with Gasteiger partial charge in [0.15, 0.2) is 6.04 Å². The highest BCUT2D eigenvalue weighted by Gasteiger charge is 2.20. The molecule has 1 rings (SSSR count). The summed E-state index contributed by atoms with van der Waals surface area (Å²) in [6.07, 6.45) is 0. The molecule has 7 nitrogen and oxygen atoms in total. The van der Waals surface area contributed by atoms with Gasteiger partial charge in [0, 0.05) is 0 Å². The van der Waals surface area contributed by atoms with Crippen LogP contribution >= 0.6 is 0 Å². The maximum absolute atomic E-state index is 11.7. The summed E-state index contributed by atoms with van der Waals surface area (Å²) in [5, 5.41) is 13.8. The number of hydrogen-bond donors (Lipinski definition) is 3. The summed E-state index contributed by atoms with van der Waals surface area (Å²) < 4.78 is 9.50. The molecule has 1 unspecified atom stereocenters. The first-order chi connectivity index (χ1) is 9.12. The van der Waals surface area contributed by atoms with Gasteiger partial charge in [-0.1, -0.05) is 12.1 Å². The van der Waals surface area contributed by atoms with Gasteiger partial charge in [-0.25, -0.2) is 9.59 Å². The summed E-state index contributed by atoms with van der Waals surface area (Å²) in [4.78, 5) is 22.9. The van der Waals surface area contributed by atoms with E-state index >= 15 is 0 Å². The predicted molar refractivity (Wildman–Crippen MR) is 68.0 cm³/mol. The van der Waals surface area contributed by atoms with Crippen LogP contribution in [0.3, 0.4) is 0 Å². The van der Waals surface area contributed by atoms with Crippen molar-refractivity contribution in [2.75, 3.05) is 26.1 Å². The fourth-order valence-electron chi connectivity index (χ4n) is 1.39. The van der Waals surface area contributed by atoms with Gasteiger partial charge < -0.3 is 25.2 Å². The molecule has 0 heterocycles. The number of rotatable bonds is 5. The number of amides is 2. The van der Waals surface area contributed by atoms with E-state index < -0.39 is 24.6 Å². The Morgan fingerprint density at radius 1 is 1.32 bits per heavy atom. The van der Waals surface area contributed by atoms with Crippen LogP contribution in [-0.2, 0) is 9.53 Å². The highest BCUT2D eigenvalue weighted by atomic mass is 16.5. The minimum absolute atomic E-state index is 0.448. The first-order valence-electron chi connectivity index (χ1n) is 5.51. The van der Waals surface area contributed by atoms with Crippen LogP contribution in [0.1, 0.15) is 0 Å². The summed E-state index contributed by atoms with van der Waals surface area (Å²) in [6.45, 7) is -0.550. The van der Waals surface area contributed by atoms with Gasteiger partial charge in [0.25, 0.3) is 0 Å². The van der Waals surface area contributed by atoms with Crippen molar-refractivity contribution in [3.63, 3.8) is 0 Å². The number of methoxy groups -OCH3 is 2. The van der Waals surface area contributed by atoms with Crippen LogP contribution in [0.4, 0.5) is 10.5 Å². The second-order valence-electron chi connectivity index (χ2n) is 3.56. The quantitative estimate of drug-likeness (QED) is 0.669. The van der Waals surface area contributed by atoms with Gasteiger partial charge in [-0.15, -0.1) is 0 Å². The van der Waals surface area contributed by atoms with E-state index in [1.54, 1.807) is 24.3 Å². The summed E-state index contributed by atoms with van der Waals surface area (Å²) in [5.74, 6) is -0.242. The first kappa shape index (κ1) is 14.8. The van der Waals surface area contributed by atoms with E-state index in [2.05, 4.69) is 15.4 Å². The molecule has 0 saturated carbocycles. The molecule has 19 heavy (non-hydrogen) atoms. The van der Waals surface area contributed by atoms with Gasteiger partial charge in [-0.3, -0.25) is 0 Å². The van der Waals surface area contributed by atoms with Crippen LogP contribution in [0.2, 0.25) is 0 Å². The van der Waals surface area contributed by atoms with Gasteiger partial charge in [-0.05, 0) is 12.1 Å². The number of nitrogens with one attached hydrogen (secondary N) is 2. The Kier molecular flexibility index (Phi) is 5.62. The Morgan fingerprint density at radius 3 is 2.58 bits per heavy atom. The number of carbonyl (C=O) groups is 2. The number of aliphatic hydroxyl groups is 1. The molecule has 0 aliphatic rings. The number of para-hydroxylation sites is 2. The van der Waals surface area contributed by atoms with Crippen molar-refractivity contribution in [3.8, 4) is 5.75 Å². The van der Waals surface area contributed by atoms with Gasteiger partial charge in [0.2, 0.25) is 0 Å². The zero-order chi connectivity index (χ0) is 14.3. The normalized spacial score (nSPS) is 11.3. The molecule has 0 saturated heterocycles. The number of hydrogen-bond acceptors (Lipinski definition) is 5. The predicted octanol–water partition coefficient (Wildman–Crippen LogP) is 0.351. The highest BCUT2D eigenvalue weighted by molar-refractivity contribution is 5.93.